The van der Waals surface area contributed by atoms with Gasteiger partial charge in [-0.15, -0.1) is 0 Å². The lowest BCUT2D eigenvalue weighted by Crippen LogP contribution is -2.48. The Hall–Kier alpha value is -1.59. The number of aliphatic hydroxyl groups is 1. The van der Waals surface area contributed by atoms with Crippen LogP contribution in [0.3, 0.4) is 0 Å². The number of methoxy groups -OCH3 is 1. The minimum Gasteiger partial charge on any atom is -0.497 e. The zero-order valence-electron chi connectivity index (χ0n) is 16.8. The van der Waals surface area contributed by atoms with Crippen molar-refractivity contribution in [2.75, 3.05) is 26.7 Å². The SMILES string of the molecule is CCCC1c2ccc(OC)cc2CCN1C(=O)CNCC1(O)CCCCC1. The van der Waals surface area contributed by atoms with Crippen LogP contribution in [-0.2, 0) is 11.2 Å². The number of nitrogens with one attached hydrogen (secondary N) is 1. The molecule has 3 rings (SSSR count). The van der Waals surface area contributed by atoms with Crippen LogP contribution in [0.4, 0.5) is 0 Å². The van der Waals surface area contributed by atoms with E-state index in [9.17, 15) is 9.90 Å². The first-order valence-corrected chi connectivity index (χ1v) is 10.5. The summed E-state index contributed by atoms with van der Waals surface area (Å²) in [5.74, 6) is 1.01. The smallest absolute Gasteiger partial charge is 0.237 e. The molecular formula is C22H34N2O3. The van der Waals surface area contributed by atoms with Crippen molar-refractivity contribution in [2.24, 2.45) is 0 Å². The van der Waals surface area contributed by atoms with E-state index in [0.717, 1.165) is 57.2 Å². The first-order chi connectivity index (χ1) is 13.1. The average molecular weight is 375 g/mol. The maximum Gasteiger partial charge on any atom is 0.237 e. The molecule has 1 amide bonds. The van der Waals surface area contributed by atoms with Gasteiger partial charge in [0.2, 0.25) is 5.91 Å². The zero-order chi connectivity index (χ0) is 19.3. The van der Waals surface area contributed by atoms with E-state index in [1.807, 2.05) is 11.0 Å². The summed E-state index contributed by atoms with van der Waals surface area (Å²) in [5.41, 5.74) is 1.91. The van der Waals surface area contributed by atoms with Gasteiger partial charge in [-0.3, -0.25) is 4.79 Å². The third-order valence-electron chi connectivity index (χ3n) is 6.10. The first-order valence-electron chi connectivity index (χ1n) is 10.5. The average Bonchev–Trinajstić information content (AvgIpc) is 2.68. The lowest BCUT2D eigenvalue weighted by Gasteiger charge is -2.38. The lowest BCUT2D eigenvalue weighted by molar-refractivity contribution is -0.133. The van der Waals surface area contributed by atoms with E-state index in [1.165, 1.54) is 17.5 Å². The number of amides is 1. The Morgan fingerprint density at radius 3 is 2.81 bits per heavy atom. The van der Waals surface area contributed by atoms with Gasteiger partial charge in [0, 0.05) is 13.1 Å². The van der Waals surface area contributed by atoms with Gasteiger partial charge in [0.25, 0.3) is 0 Å². The molecular weight excluding hydrogens is 340 g/mol. The molecule has 0 radical (unpaired) electrons. The summed E-state index contributed by atoms with van der Waals surface area (Å²) < 4.78 is 5.36. The van der Waals surface area contributed by atoms with Gasteiger partial charge >= 0.3 is 0 Å². The van der Waals surface area contributed by atoms with Gasteiger partial charge in [0.15, 0.2) is 0 Å². The number of rotatable bonds is 7. The highest BCUT2D eigenvalue weighted by Crippen LogP contribution is 2.35. The van der Waals surface area contributed by atoms with Gasteiger partial charge in [0.1, 0.15) is 5.75 Å². The van der Waals surface area contributed by atoms with Crippen molar-refractivity contribution in [1.29, 1.82) is 0 Å². The monoisotopic (exact) mass is 374 g/mol. The second kappa shape index (κ2) is 9.07. The minimum absolute atomic E-state index is 0.134. The molecule has 5 heteroatoms. The molecule has 2 N–H and O–H groups in total. The Labute approximate surface area is 163 Å². The van der Waals surface area contributed by atoms with Gasteiger partial charge in [-0.1, -0.05) is 38.7 Å². The molecule has 27 heavy (non-hydrogen) atoms. The molecule has 1 aliphatic heterocycles. The van der Waals surface area contributed by atoms with Gasteiger partial charge in [-0.2, -0.15) is 0 Å². The highest BCUT2D eigenvalue weighted by molar-refractivity contribution is 5.79. The molecule has 1 saturated carbocycles. The topological polar surface area (TPSA) is 61.8 Å². The summed E-state index contributed by atoms with van der Waals surface area (Å²) in [4.78, 5) is 14.9. The lowest BCUT2D eigenvalue weighted by atomic mass is 9.85. The fourth-order valence-electron chi connectivity index (χ4n) is 4.59. The van der Waals surface area contributed by atoms with Crippen LogP contribution in [0, 0.1) is 0 Å². The van der Waals surface area contributed by atoms with Crippen LogP contribution in [-0.4, -0.2) is 48.3 Å². The third kappa shape index (κ3) is 4.82. The number of ether oxygens (including phenoxy) is 1. The van der Waals surface area contributed by atoms with Crippen LogP contribution >= 0.6 is 0 Å². The molecule has 0 aromatic heterocycles. The fourth-order valence-corrected chi connectivity index (χ4v) is 4.59. The number of carbonyl (C=O) groups is 1. The van der Waals surface area contributed by atoms with E-state index >= 15 is 0 Å². The largest absolute Gasteiger partial charge is 0.497 e. The Morgan fingerprint density at radius 1 is 1.33 bits per heavy atom. The van der Waals surface area contributed by atoms with E-state index in [2.05, 4.69) is 24.4 Å². The number of hydrogen-bond donors (Lipinski definition) is 2. The molecule has 1 atom stereocenters. The van der Waals surface area contributed by atoms with Crippen molar-refractivity contribution >= 4 is 5.91 Å². The summed E-state index contributed by atoms with van der Waals surface area (Å²) in [6.07, 6.45) is 7.91. The molecule has 1 fully saturated rings. The number of nitrogens with zero attached hydrogens (tertiary/aromatic N) is 1. The molecule has 1 aromatic carbocycles. The third-order valence-corrected chi connectivity index (χ3v) is 6.10. The summed E-state index contributed by atoms with van der Waals surface area (Å²) in [7, 11) is 1.69. The summed E-state index contributed by atoms with van der Waals surface area (Å²) >= 11 is 0. The Morgan fingerprint density at radius 2 is 2.11 bits per heavy atom. The van der Waals surface area contributed by atoms with Gasteiger partial charge in [-0.25, -0.2) is 0 Å². The maximum absolute atomic E-state index is 12.9. The summed E-state index contributed by atoms with van der Waals surface area (Å²) in [6.45, 7) is 3.72. The van der Waals surface area contributed by atoms with E-state index in [-0.39, 0.29) is 11.9 Å². The van der Waals surface area contributed by atoms with Crippen LogP contribution in [0.2, 0.25) is 0 Å². The fraction of sp³-hybridized carbons (Fsp3) is 0.682. The maximum atomic E-state index is 12.9. The number of benzene rings is 1. The predicted octanol–water partition coefficient (Wildman–Crippen LogP) is 3.21. The summed E-state index contributed by atoms with van der Waals surface area (Å²) in [5, 5.41) is 13.8. The van der Waals surface area contributed by atoms with Crippen LogP contribution in [0.15, 0.2) is 18.2 Å². The summed E-state index contributed by atoms with van der Waals surface area (Å²) in [6, 6.07) is 6.35. The zero-order valence-corrected chi connectivity index (χ0v) is 16.8. The second-order valence-electron chi connectivity index (χ2n) is 8.09. The van der Waals surface area contributed by atoms with Crippen molar-refractivity contribution in [2.45, 2.75) is 69.9 Å². The van der Waals surface area contributed by atoms with Crippen molar-refractivity contribution in [3.05, 3.63) is 29.3 Å². The molecule has 150 valence electrons. The highest BCUT2D eigenvalue weighted by Gasteiger charge is 2.32. The molecule has 1 heterocycles. The van der Waals surface area contributed by atoms with Gasteiger partial charge in [0.05, 0.1) is 25.3 Å². The minimum atomic E-state index is -0.633. The molecule has 0 spiro atoms. The predicted molar refractivity (Wildman–Crippen MR) is 107 cm³/mol. The highest BCUT2D eigenvalue weighted by atomic mass is 16.5. The van der Waals surface area contributed by atoms with E-state index in [4.69, 9.17) is 4.74 Å². The van der Waals surface area contributed by atoms with Crippen molar-refractivity contribution in [3.63, 3.8) is 0 Å². The van der Waals surface area contributed by atoms with Gasteiger partial charge in [-0.05, 0) is 48.9 Å². The molecule has 2 aliphatic rings. The molecule has 1 aliphatic carbocycles. The number of carbonyl (C=O) groups excluding carboxylic acids is 1. The quantitative estimate of drug-likeness (QED) is 0.769. The number of hydrogen-bond acceptors (Lipinski definition) is 4. The Kier molecular flexibility index (Phi) is 6.77. The molecule has 1 aromatic rings. The standard InChI is InChI=1S/C22H34N2O3/c1-3-7-20-19-9-8-18(27-2)14-17(19)10-13-24(20)21(25)15-23-16-22(26)11-5-4-6-12-22/h8-9,14,20,23,26H,3-7,10-13,15-16H2,1-2H3. The van der Waals surface area contributed by atoms with Crippen molar-refractivity contribution < 1.29 is 14.6 Å². The Bertz CT molecular complexity index is 640. The van der Waals surface area contributed by atoms with Crippen LogP contribution in [0.1, 0.15) is 69.0 Å². The molecule has 0 saturated heterocycles. The molecule has 1 unspecified atom stereocenters. The van der Waals surface area contributed by atoms with Crippen molar-refractivity contribution in [1.82, 2.24) is 10.2 Å². The van der Waals surface area contributed by atoms with Crippen LogP contribution in [0.5, 0.6) is 5.75 Å². The second-order valence-corrected chi connectivity index (χ2v) is 8.09. The van der Waals surface area contributed by atoms with E-state index in [1.54, 1.807) is 7.11 Å². The number of fused-ring (bicyclic) bond motifs is 1. The van der Waals surface area contributed by atoms with Crippen LogP contribution in [0.25, 0.3) is 0 Å². The molecule has 5 nitrogen and oxygen atoms in total. The normalized spacial score (nSPS) is 21.6. The molecule has 0 bridgehead atoms. The van der Waals surface area contributed by atoms with Crippen LogP contribution < -0.4 is 10.1 Å². The van der Waals surface area contributed by atoms with Crippen molar-refractivity contribution in [3.8, 4) is 5.75 Å². The van der Waals surface area contributed by atoms with E-state index < -0.39 is 5.60 Å². The van der Waals surface area contributed by atoms with Gasteiger partial charge < -0.3 is 20.1 Å². The Balaban J connectivity index is 1.62. The first kappa shape index (κ1) is 20.2. The van der Waals surface area contributed by atoms with E-state index in [0.29, 0.717) is 13.1 Å².